The highest BCUT2D eigenvalue weighted by molar-refractivity contribution is 7.98. The first-order valence-electron chi connectivity index (χ1n) is 6.27. The van der Waals surface area contributed by atoms with Crippen molar-refractivity contribution in [3.05, 3.63) is 22.7 Å². The lowest BCUT2D eigenvalue weighted by Gasteiger charge is -2.25. The molecule has 20 heavy (non-hydrogen) atoms. The number of hydrogen-bond donors (Lipinski definition) is 1. The summed E-state index contributed by atoms with van der Waals surface area (Å²) >= 11 is 7.76. The molecule has 0 saturated carbocycles. The lowest BCUT2D eigenvalue weighted by molar-refractivity contribution is 0.212. The van der Waals surface area contributed by atoms with Crippen molar-refractivity contribution in [3.63, 3.8) is 0 Å². The van der Waals surface area contributed by atoms with Gasteiger partial charge in [-0.2, -0.15) is 11.8 Å². The zero-order chi connectivity index (χ0) is 15.3. The topological polar surface area (TPSA) is 41.6 Å². The summed E-state index contributed by atoms with van der Waals surface area (Å²) in [7, 11) is 3.34. The molecule has 0 spiro atoms. The fourth-order valence-electron chi connectivity index (χ4n) is 1.69. The van der Waals surface area contributed by atoms with Gasteiger partial charge in [-0.25, -0.2) is 4.79 Å². The fourth-order valence-corrected chi connectivity index (χ4v) is 2.55. The van der Waals surface area contributed by atoms with E-state index >= 15 is 0 Å². The molecule has 4 nitrogen and oxygen atoms in total. The van der Waals surface area contributed by atoms with E-state index in [0.29, 0.717) is 16.5 Å². The van der Waals surface area contributed by atoms with Crippen molar-refractivity contribution in [1.29, 1.82) is 0 Å². The van der Waals surface area contributed by atoms with Crippen LogP contribution in [-0.4, -0.2) is 43.1 Å². The van der Waals surface area contributed by atoms with Gasteiger partial charge in [0, 0.05) is 29.9 Å². The number of carbonyl (C=O) groups excluding carboxylic acids is 1. The van der Waals surface area contributed by atoms with Crippen molar-refractivity contribution >= 4 is 35.1 Å². The molecule has 0 aromatic heterocycles. The highest BCUT2D eigenvalue weighted by Gasteiger charge is 2.17. The predicted octanol–water partition coefficient (Wildman–Crippen LogP) is 3.87. The van der Waals surface area contributed by atoms with Crippen LogP contribution in [0.25, 0.3) is 0 Å². The molecule has 1 aromatic rings. The van der Waals surface area contributed by atoms with Crippen LogP contribution in [-0.2, 0) is 0 Å². The summed E-state index contributed by atoms with van der Waals surface area (Å²) in [6.07, 6.45) is 2.02. The van der Waals surface area contributed by atoms with Gasteiger partial charge in [0.05, 0.1) is 12.8 Å². The van der Waals surface area contributed by atoms with E-state index in [0.717, 1.165) is 11.3 Å². The number of anilines is 1. The van der Waals surface area contributed by atoms with Crippen molar-refractivity contribution in [3.8, 4) is 5.75 Å². The molecule has 0 bridgehead atoms. The minimum atomic E-state index is -0.161. The summed E-state index contributed by atoms with van der Waals surface area (Å²) < 4.78 is 5.25. The highest BCUT2D eigenvalue weighted by Crippen LogP contribution is 2.31. The molecule has 0 aliphatic rings. The molecular weight excluding hydrogens is 296 g/mol. The highest BCUT2D eigenvalue weighted by atomic mass is 35.5. The molecular formula is C14H21ClN2O2S. The van der Waals surface area contributed by atoms with E-state index in [1.54, 1.807) is 36.9 Å². The Morgan fingerprint density at radius 3 is 2.75 bits per heavy atom. The quantitative estimate of drug-likeness (QED) is 0.896. The number of ether oxygens (including phenoxy) is 1. The minimum Gasteiger partial charge on any atom is -0.495 e. The second-order valence-electron chi connectivity index (χ2n) is 4.65. The van der Waals surface area contributed by atoms with Crippen LogP contribution < -0.4 is 10.1 Å². The average molecular weight is 317 g/mol. The molecule has 6 heteroatoms. The van der Waals surface area contributed by atoms with Gasteiger partial charge in [-0.1, -0.05) is 11.6 Å². The number of rotatable bonds is 5. The molecule has 0 aliphatic heterocycles. The maximum atomic E-state index is 12.2. The van der Waals surface area contributed by atoms with Gasteiger partial charge in [-0.05, 0) is 31.7 Å². The van der Waals surface area contributed by atoms with Crippen LogP contribution in [0.15, 0.2) is 12.1 Å². The number of urea groups is 1. The first-order chi connectivity index (χ1) is 9.40. The summed E-state index contributed by atoms with van der Waals surface area (Å²) in [5.74, 6) is 1.45. The predicted molar refractivity (Wildman–Crippen MR) is 87.4 cm³/mol. The third kappa shape index (κ3) is 4.21. The Hall–Kier alpha value is -1.07. The van der Waals surface area contributed by atoms with Gasteiger partial charge < -0.3 is 15.0 Å². The molecule has 0 unspecified atom stereocenters. The molecule has 1 atom stereocenters. The van der Waals surface area contributed by atoms with E-state index in [-0.39, 0.29) is 12.1 Å². The first-order valence-corrected chi connectivity index (χ1v) is 8.04. The molecule has 1 aromatic carbocycles. The molecule has 0 saturated heterocycles. The molecule has 112 valence electrons. The summed E-state index contributed by atoms with van der Waals surface area (Å²) in [6, 6.07) is 3.51. The first kappa shape index (κ1) is 17.0. The lowest BCUT2D eigenvalue weighted by Crippen LogP contribution is -2.39. The fraction of sp³-hybridized carbons (Fsp3) is 0.500. The van der Waals surface area contributed by atoms with Crippen LogP contribution in [0.4, 0.5) is 10.5 Å². The molecule has 0 aliphatic carbocycles. The van der Waals surface area contributed by atoms with E-state index < -0.39 is 0 Å². The Morgan fingerprint density at radius 2 is 2.20 bits per heavy atom. The van der Waals surface area contributed by atoms with Crippen LogP contribution in [0, 0.1) is 6.92 Å². The van der Waals surface area contributed by atoms with Crippen LogP contribution in [0.5, 0.6) is 5.75 Å². The Bertz CT molecular complexity index is 482. The Balaban J connectivity index is 2.87. The zero-order valence-electron chi connectivity index (χ0n) is 12.5. The molecule has 2 amide bonds. The number of nitrogens with zero attached hydrogens (tertiary/aromatic N) is 1. The number of benzene rings is 1. The number of amides is 2. The number of nitrogens with one attached hydrogen (secondary N) is 1. The largest absolute Gasteiger partial charge is 0.495 e. The van der Waals surface area contributed by atoms with E-state index in [4.69, 9.17) is 16.3 Å². The van der Waals surface area contributed by atoms with Gasteiger partial charge in [0.25, 0.3) is 0 Å². The van der Waals surface area contributed by atoms with Gasteiger partial charge in [0.2, 0.25) is 0 Å². The third-order valence-corrected chi connectivity index (χ3v) is 4.33. The van der Waals surface area contributed by atoms with Crippen LogP contribution in [0.3, 0.4) is 0 Å². The van der Waals surface area contributed by atoms with Crippen LogP contribution >= 0.6 is 23.4 Å². The summed E-state index contributed by atoms with van der Waals surface area (Å²) in [6.45, 7) is 3.90. The van der Waals surface area contributed by atoms with Gasteiger partial charge in [0.1, 0.15) is 5.75 Å². The van der Waals surface area contributed by atoms with Crippen LogP contribution in [0.1, 0.15) is 12.5 Å². The lowest BCUT2D eigenvalue weighted by atomic mass is 10.2. The smallest absolute Gasteiger partial charge is 0.321 e. The average Bonchev–Trinajstić information content (AvgIpc) is 2.41. The van der Waals surface area contributed by atoms with Gasteiger partial charge >= 0.3 is 6.03 Å². The monoisotopic (exact) mass is 316 g/mol. The number of carbonyl (C=O) groups is 1. The molecule has 0 radical (unpaired) electrons. The molecule has 1 rings (SSSR count). The van der Waals surface area contributed by atoms with Crippen LogP contribution in [0.2, 0.25) is 5.02 Å². The Kier molecular flexibility index (Phi) is 6.49. The molecule has 0 heterocycles. The number of aryl methyl sites for hydroxylation is 1. The second-order valence-corrected chi connectivity index (χ2v) is 5.96. The zero-order valence-corrected chi connectivity index (χ0v) is 14.1. The summed E-state index contributed by atoms with van der Waals surface area (Å²) in [4.78, 5) is 13.9. The van der Waals surface area contributed by atoms with Crippen molar-refractivity contribution < 1.29 is 9.53 Å². The maximum absolute atomic E-state index is 12.2. The second kappa shape index (κ2) is 7.64. The standard InChI is InChI=1S/C14H21ClN2O2S/c1-9-6-12(13(19-4)7-11(9)15)16-14(18)17(3)10(2)8-20-5/h6-7,10H,8H2,1-5H3,(H,16,18)/t10-/m0/s1. The number of thioether (sulfide) groups is 1. The SMILES string of the molecule is COc1cc(Cl)c(C)cc1NC(=O)N(C)[C@@H](C)CSC. The van der Waals surface area contributed by atoms with Gasteiger partial charge in [-0.15, -0.1) is 0 Å². The number of halogens is 1. The van der Waals surface area contributed by atoms with E-state index in [1.807, 2.05) is 26.2 Å². The third-order valence-electron chi connectivity index (χ3n) is 3.11. The Morgan fingerprint density at radius 1 is 1.55 bits per heavy atom. The van der Waals surface area contributed by atoms with E-state index in [1.165, 1.54) is 0 Å². The maximum Gasteiger partial charge on any atom is 0.321 e. The van der Waals surface area contributed by atoms with E-state index in [2.05, 4.69) is 5.32 Å². The van der Waals surface area contributed by atoms with Crippen molar-refractivity contribution in [2.24, 2.45) is 0 Å². The number of methoxy groups -OCH3 is 1. The summed E-state index contributed by atoms with van der Waals surface area (Å²) in [5.41, 5.74) is 1.52. The minimum absolute atomic E-state index is 0.157. The van der Waals surface area contributed by atoms with Crippen molar-refractivity contribution in [2.45, 2.75) is 19.9 Å². The Labute approximate surface area is 129 Å². The molecule has 1 N–H and O–H groups in total. The van der Waals surface area contributed by atoms with Crippen molar-refractivity contribution in [2.75, 3.05) is 31.5 Å². The van der Waals surface area contributed by atoms with E-state index in [9.17, 15) is 4.79 Å². The van der Waals surface area contributed by atoms with Gasteiger partial charge in [-0.3, -0.25) is 0 Å². The normalized spacial score (nSPS) is 11.9. The molecule has 0 fully saturated rings. The summed E-state index contributed by atoms with van der Waals surface area (Å²) in [5, 5.41) is 3.48. The van der Waals surface area contributed by atoms with Gasteiger partial charge in [0.15, 0.2) is 0 Å². The number of hydrogen-bond acceptors (Lipinski definition) is 3. The van der Waals surface area contributed by atoms with Crippen molar-refractivity contribution in [1.82, 2.24) is 4.90 Å².